The standard InChI is InChI=1S/C18H15IN2O2/c19-11-3-1-2-10(8-11)9-20-21-16(22)14-12-4-5-13(15(14)17(21)23)18(12)6-7-18/h1-5,8-9,12-15H,6-7H2/t12-,13-,14-,15-/m1/s1. The Morgan fingerprint density at radius 3 is 2.35 bits per heavy atom. The highest BCUT2D eigenvalue weighted by atomic mass is 127. The Morgan fingerprint density at radius 1 is 1.13 bits per heavy atom. The summed E-state index contributed by atoms with van der Waals surface area (Å²) < 4.78 is 1.10. The summed E-state index contributed by atoms with van der Waals surface area (Å²) in [5.41, 5.74) is 1.14. The van der Waals surface area contributed by atoms with Crippen LogP contribution >= 0.6 is 22.6 Å². The van der Waals surface area contributed by atoms with Crippen LogP contribution in [0, 0.1) is 32.7 Å². The molecule has 1 heterocycles. The molecule has 1 aliphatic heterocycles. The Hall–Kier alpha value is -1.50. The van der Waals surface area contributed by atoms with Crippen molar-refractivity contribution in [1.82, 2.24) is 5.01 Å². The fourth-order valence-corrected chi connectivity index (χ4v) is 5.46. The van der Waals surface area contributed by atoms with Crippen molar-refractivity contribution < 1.29 is 9.59 Å². The number of benzene rings is 1. The fraction of sp³-hybridized carbons (Fsp3) is 0.389. The third kappa shape index (κ3) is 1.74. The van der Waals surface area contributed by atoms with Gasteiger partial charge in [0.25, 0.3) is 11.8 Å². The molecule has 0 N–H and O–H groups in total. The van der Waals surface area contributed by atoms with E-state index in [9.17, 15) is 9.59 Å². The number of carbonyl (C=O) groups excluding carboxylic acids is 2. The average Bonchev–Trinajstić information content (AvgIpc) is 3.13. The van der Waals surface area contributed by atoms with Gasteiger partial charge < -0.3 is 0 Å². The monoisotopic (exact) mass is 418 g/mol. The molecule has 1 spiro atoms. The number of amides is 2. The maximum atomic E-state index is 12.7. The summed E-state index contributed by atoms with van der Waals surface area (Å²) in [6.07, 6.45) is 8.29. The Morgan fingerprint density at radius 2 is 1.78 bits per heavy atom. The average molecular weight is 418 g/mol. The highest BCUT2D eigenvalue weighted by molar-refractivity contribution is 14.1. The lowest BCUT2D eigenvalue weighted by Crippen LogP contribution is -2.30. The van der Waals surface area contributed by atoms with Crippen LogP contribution in [0.25, 0.3) is 0 Å². The fourth-order valence-electron chi connectivity index (χ4n) is 4.89. The molecule has 5 heteroatoms. The molecule has 0 radical (unpaired) electrons. The molecule has 1 aromatic rings. The molecular formula is C18H15IN2O2. The summed E-state index contributed by atoms with van der Waals surface area (Å²) >= 11 is 2.23. The number of allylic oxidation sites excluding steroid dienone is 2. The molecule has 0 aromatic heterocycles. The van der Waals surface area contributed by atoms with Crippen molar-refractivity contribution in [2.75, 3.05) is 0 Å². The summed E-state index contributed by atoms with van der Waals surface area (Å²) in [7, 11) is 0. The van der Waals surface area contributed by atoms with Crippen molar-refractivity contribution in [1.29, 1.82) is 0 Å². The van der Waals surface area contributed by atoms with Crippen LogP contribution in [0.4, 0.5) is 0 Å². The van der Waals surface area contributed by atoms with Crippen LogP contribution < -0.4 is 0 Å². The Labute approximate surface area is 147 Å². The van der Waals surface area contributed by atoms with Crippen molar-refractivity contribution in [2.45, 2.75) is 12.8 Å². The van der Waals surface area contributed by atoms with Crippen LogP contribution in [-0.2, 0) is 9.59 Å². The van der Waals surface area contributed by atoms with Crippen LogP contribution in [0.5, 0.6) is 0 Å². The van der Waals surface area contributed by atoms with Crippen LogP contribution in [0.3, 0.4) is 0 Å². The number of carbonyl (C=O) groups is 2. The number of halogens is 1. The molecule has 4 atom stereocenters. The number of hydrazone groups is 1. The molecule has 4 nitrogen and oxygen atoms in total. The van der Waals surface area contributed by atoms with E-state index in [2.05, 4.69) is 39.8 Å². The van der Waals surface area contributed by atoms with E-state index in [0.717, 1.165) is 27.0 Å². The lowest BCUT2D eigenvalue weighted by atomic mass is 9.85. The van der Waals surface area contributed by atoms with E-state index in [4.69, 9.17) is 0 Å². The second-order valence-electron chi connectivity index (χ2n) is 7.01. The third-order valence-corrected chi connectivity index (χ3v) is 6.67. The first-order chi connectivity index (χ1) is 11.1. The van der Waals surface area contributed by atoms with Crippen molar-refractivity contribution in [3.05, 3.63) is 45.6 Å². The lowest BCUT2D eigenvalue weighted by molar-refractivity contribution is -0.141. The van der Waals surface area contributed by atoms with Gasteiger partial charge in [-0.25, -0.2) is 0 Å². The first kappa shape index (κ1) is 13.9. The topological polar surface area (TPSA) is 49.7 Å². The van der Waals surface area contributed by atoms with E-state index < -0.39 is 0 Å². The highest BCUT2D eigenvalue weighted by Crippen LogP contribution is 2.73. The Bertz CT molecular complexity index is 762. The second kappa shape index (κ2) is 4.53. The molecule has 3 fully saturated rings. The predicted molar refractivity (Wildman–Crippen MR) is 93.4 cm³/mol. The maximum Gasteiger partial charge on any atom is 0.254 e. The van der Waals surface area contributed by atoms with Gasteiger partial charge in [-0.05, 0) is 70.4 Å². The zero-order valence-electron chi connectivity index (χ0n) is 12.4. The second-order valence-corrected chi connectivity index (χ2v) is 8.25. The van der Waals surface area contributed by atoms with Crippen LogP contribution in [0.2, 0.25) is 0 Å². The summed E-state index contributed by atoms with van der Waals surface area (Å²) in [5, 5.41) is 5.34. The summed E-state index contributed by atoms with van der Waals surface area (Å²) in [5.74, 6) is -0.0465. The van der Waals surface area contributed by atoms with Crippen LogP contribution in [0.15, 0.2) is 41.5 Å². The minimum absolute atomic E-state index is 0.106. The zero-order chi connectivity index (χ0) is 15.8. The SMILES string of the molecule is O=C1[C@H]2[C@H](C(=O)N1N=Cc1cccc(I)c1)[C@H]1C=C[C@H]2C12CC2. The molecule has 116 valence electrons. The Kier molecular flexibility index (Phi) is 2.73. The van der Waals surface area contributed by atoms with Gasteiger partial charge in [0.15, 0.2) is 0 Å². The number of hydrogen-bond donors (Lipinski definition) is 0. The molecule has 2 amide bonds. The normalized spacial score (nSPS) is 35.8. The van der Waals surface area contributed by atoms with Crippen molar-refractivity contribution in [2.24, 2.45) is 34.2 Å². The van der Waals surface area contributed by atoms with Crippen LogP contribution in [0.1, 0.15) is 18.4 Å². The number of hydrogen-bond acceptors (Lipinski definition) is 3. The van der Waals surface area contributed by atoms with Crippen molar-refractivity contribution in [3.63, 3.8) is 0 Å². The van der Waals surface area contributed by atoms with Gasteiger partial charge in [-0.3, -0.25) is 9.59 Å². The quantitative estimate of drug-likeness (QED) is 0.321. The first-order valence-corrected chi connectivity index (χ1v) is 9.05. The van der Waals surface area contributed by atoms with Crippen molar-refractivity contribution >= 4 is 40.6 Å². The first-order valence-electron chi connectivity index (χ1n) is 7.97. The number of imide groups is 1. The molecule has 23 heavy (non-hydrogen) atoms. The van der Waals surface area contributed by atoms with Gasteiger partial charge in [0.1, 0.15) is 0 Å². The number of nitrogens with zero attached hydrogens (tertiary/aromatic N) is 2. The van der Waals surface area contributed by atoms with E-state index in [1.165, 1.54) is 0 Å². The predicted octanol–water partition coefficient (Wildman–Crippen LogP) is 2.82. The molecular weight excluding hydrogens is 403 g/mol. The highest BCUT2D eigenvalue weighted by Gasteiger charge is 2.73. The smallest absolute Gasteiger partial charge is 0.254 e. The largest absolute Gasteiger partial charge is 0.272 e. The lowest BCUT2D eigenvalue weighted by Gasteiger charge is -2.18. The third-order valence-electron chi connectivity index (χ3n) is 6.00. The summed E-state index contributed by atoms with van der Waals surface area (Å²) in [6.45, 7) is 0. The van der Waals surface area contributed by atoms with Gasteiger partial charge in [-0.1, -0.05) is 24.3 Å². The van der Waals surface area contributed by atoms with E-state index in [-0.39, 0.29) is 40.9 Å². The molecule has 4 aliphatic rings. The van der Waals surface area contributed by atoms with Gasteiger partial charge in [0.05, 0.1) is 18.1 Å². The van der Waals surface area contributed by atoms with Crippen molar-refractivity contribution in [3.8, 4) is 0 Å². The molecule has 0 unspecified atom stereocenters. The minimum atomic E-state index is -0.173. The molecule has 5 rings (SSSR count). The maximum absolute atomic E-state index is 12.7. The van der Waals surface area contributed by atoms with Gasteiger partial charge >= 0.3 is 0 Å². The van der Waals surface area contributed by atoms with E-state index in [1.54, 1.807) is 6.21 Å². The van der Waals surface area contributed by atoms with E-state index in [1.807, 2.05) is 24.3 Å². The molecule has 3 aliphatic carbocycles. The number of fused-ring (bicyclic) bond motifs is 3. The summed E-state index contributed by atoms with van der Waals surface area (Å²) in [6, 6.07) is 7.82. The molecule has 1 saturated heterocycles. The van der Waals surface area contributed by atoms with E-state index in [0.29, 0.717) is 0 Å². The van der Waals surface area contributed by atoms with Gasteiger partial charge in [0.2, 0.25) is 0 Å². The zero-order valence-corrected chi connectivity index (χ0v) is 14.5. The minimum Gasteiger partial charge on any atom is -0.272 e. The van der Waals surface area contributed by atoms with Gasteiger partial charge in [-0.15, -0.1) is 0 Å². The van der Waals surface area contributed by atoms with Crippen LogP contribution in [-0.4, -0.2) is 23.0 Å². The Balaban J connectivity index is 1.44. The molecule has 2 bridgehead atoms. The molecule has 2 saturated carbocycles. The van der Waals surface area contributed by atoms with E-state index >= 15 is 0 Å². The summed E-state index contributed by atoms with van der Waals surface area (Å²) in [4.78, 5) is 25.5. The van der Waals surface area contributed by atoms with Gasteiger partial charge in [0, 0.05) is 3.57 Å². The molecule has 1 aromatic carbocycles. The number of rotatable bonds is 2. The van der Waals surface area contributed by atoms with Gasteiger partial charge in [-0.2, -0.15) is 10.1 Å².